The summed E-state index contributed by atoms with van der Waals surface area (Å²) >= 11 is 0. The normalized spacial score (nSPS) is 13.4. The van der Waals surface area contributed by atoms with Crippen molar-refractivity contribution in [2.45, 2.75) is 56.0 Å². The number of phenolic OH excluding ortho intramolecular Hbond substituents is 1. The van der Waals surface area contributed by atoms with Crippen LogP contribution in [0.1, 0.15) is 50.1 Å². The van der Waals surface area contributed by atoms with Crippen LogP contribution in [0.25, 0.3) is 10.8 Å². The third-order valence-corrected chi connectivity index (χ3v) is 11.5. The summed E-state index contributed by atoms with van der Waals surface area (Å²) in [5.74, 6) is 0.309. The Morgan fingerprint density at radius 3 is 0.867 bits per heavy atom. The van der Waals surface area contributed by atoms with Crippen molar-refractivity contribution in [2.75, 3.05) is 0 Å². The van der Waals surface area contributed by atoms with E-state index >= 15 is 0 Å². The highest BCUT2D eigenvalue weighted by Crippen LogP contribution is 2.41. The molecule has 1 N–H and O–H groups in total. The second-order valence-electron chi connectivity index (χ2n) is 16.6. The minimum absolute atomic E-state index is 0.309. The van der Waals surface area contributed by atoms with E-state index in [1.807, 2.05) is 24.4 Å². The van der Waals surface area contributed by atoms with Crippen LogP contribution in [-0.2, 0) is 56.0 Å². The Bertz CT molecular complexity index is 2760. The number of benzene rings is 6. The highest BCUT2D eigenvalue weighted by atomic mass is 19.4. The Labute approximate surface area is 405 Å². The molecule has 0 unspecified atom stereocenters. The summed E-state index contributed by atoms with van der Waals surface area (Å²) in [7, 11) is 0. The van der Waals surface area contributed by atoms with E-state index in [9.17, 15) is 110 Å². The number of hydrogen-bond donors (Lipinski definition) is 1. The average Bonchev–Trinajstić information content (AvgIpc) is 3.27. The van der Waals surface area contributed by atoms with Crippen molar-refractivity contribution >= 4 is 38.8 Å². The molecule has 1 aromatic heterocycles. The summed E-state index contributed by atoms with van der Waals surface area (Å²) in [6.45, 7) is 0.859. The number of aromatic nitrogens is 1. The maximum Gasteiger partial charge on any atom is 0.416 e. The fourth-order valence-corrected chi connectivity index (χ4v) is 8.18. The van der Waals surface area contributed by atoms with Gasteiger partial charge in [-0.1, -0.05) is 78.9 Å². The van der Waals surface area contributed by atoms with E-state index in [0.29, 0.717) is 5.75 Å². The van der Waals surface area contributed by atoms with Gasteiger partial charge < -0.3 is 5.11 Å². The Morgan fingerprint density at radius 1 is 0.320 bits per heavy atom. The lowest BCUT2D eigenvalue weighted by molar-refractivity contribution is -0.687. The molecule has 0 aliphatic heterocycles. The van der Waals surface area contributed by atoms with Gasteiger partial charge in [-0.25, -0.2) is 4.57 Å². The lowest BCUT2D eigenvalue weighted by atomic mass is 9.12. The third-order valence-electron chi connectivity index (χ3n) is 11.5. The lowest BCUT2D eigenvalue weighted by Gasteiger charge is -2.46. The topological polar surface area (TPSA) is 24.1 Å². The maximum atomic E-state index is 14.2. The molecular formula is C48H26BF24NO. The van der Waals surface area contributed by atoms with Crippen LogP contribution in [0.4, 0.5) is 105 Å². The summed E-state index contributed by atoms with van der Waals surface area (Å²) in [6.07, 6.45) is -50.7. The van der Waals surface area contributed by atoms with Crippen LogP contribution < -0.4 is 26.4 Å². The molecule has 75 heavy (non-hydrogen) atoms. The first kappa shape index (κ1) is 57.2. The van der Waals surface area contributed by atoms with E-state index in [0.717, 1.165) is 17.3 Å². The van der Waals surface area contributed by atoms with E-state index in [2.05, 4.69) is 35.0 Å². The fourth-order valence-electron chi connectivity index (χ4n) is 8.18. The molecule has 2 nitrogen and oxygen atoms in total. The summed E-state index contributed by atoms with van der Waals surface area (Å²) in [6, 6.07) is 9.01. The van der Waals surface area contributed by atoms with Gasteiger partial charge in [-0.15, -0.1) is 0 Å². The molecule has 7 aromatic rings. The summed E-state index contributed by atoms with van der Waals surface area (Å²) in [5.41, 5.74) is -28.9. The van der Waals surface area contributed by atoms with Gasteiger partial charge in [0.15, 0.2) is 18.9 Å². The SMILES string of the molecule is FC(F)(F)c1cc([B-](c2cc(C(F)(F)F)cc(C(F)(F)F)c2)(c2cc(C(F)(F)F)cc(C(F)(F)F)c2)c2cc(C(F)(F)F)cc(C(F)(F)F)c2)cc(C(F)(F)F)c1.Oc1ccc2c[n+](Cc3ccccc3)ccc2c1. The first-order valence-electron chi connectivity index (χ1n) is 20.6. The van der Waals surface area contributed by atoms with E-state index in [1.54, 1.807) is 12.1 Å². The van der Waals surface area contributed by atoms with Crippen LogP contribution in [-0.4, -0.2) is 11.3 Å². The molecule has 400 valence electrons. The smallest absolute Gasteiger partial charge is 0.416 e. The number of pyridine rings is 1. The predicted molar refractivity (Wildman–Crippen MR) is 221 cm³/mol. The van der Waals surface area contributed by atoms with Crippen molar-refractivity contribution in [1.29, 1.82) is 0 Å². The van der Waals surface area contributed by atoms with Gasteiger partial charge in [0, 0.05) is 17.0 Å². The van der Waals surface area contributed by atoms with Crippen LogP contribution in [0.2, 0.25) is 0 Å². The molecule has 0 fully saturated rings. The fraction of sp³-hybridized carbons (Fsp3) is 0.188. The first-order chi connectivity index (χ1) is 34.1. The number of fused-ring (bicyclic) bond motifs is 1. The summed E-state index contributed by atoms with van der Waals surface area (Å²) in [4.78, 5) is 0. The number of rotatable bonds is 6. The van der Waals surface area contributed by atoms with E-state index in [4.69, 9.17) is 0 Å². The Kier molecular flexibility index (Phi) is 14.9. The monoisotopic (exact) mass is 1100 g/mol. The van der Waals surface area contributed by atoms with Crippen molar-refractivity contribution in [2.24, 2.45) is 0 Å². The predicted octanol–water partition coefficient (Wildman–Crippen LogP) is 14.1. The molecule has 0 atom stereocenters. The molecular weight excluding hydrogens is 1070 g/mol. The highest BCUT2D eigenvalue weighted by Gasteiger charge is 2.47. The molecule has 27 heteroatoms. The van der Waals surface area contributed by atoms with E-state index < -0.39 is 195 Å². The third kappa shape index (κ3) is 13.1. The molecule has 0 aliphatic rings. The zero-order chi connectivity index (χ0) is 56.3. The molecule has 1 heterocycles. The quantitative estimate of drug-likeness (QED) is 0.100. The molecule has 0 saturated heterocycles. The number of hydrogen-bond acceptors (Lipinski definition) is 1. The largest absolute Gasteiger partial charge is 0.508 e. The molecule has 0 radical (unpaired) electrons. The molecule has 6 aromatic carbocycles. The highest BCUT2D eigenvalue weighted by molar-refractivity contribution is 7.20. The minimum Gasteiger partial charge on any atom is -0.508 e. The van der Waals surface area contributed by atoms with E-state index in [-0.39, 0.29) is 0 Å². The zero-order valence-corrected chi connectivity index (χ0v) is 36.5. The van der Waals surface area contributed by atoms with E-state index in [1.165, 1.54) is 5.56 Å². The van der Waals surface area contributed by atoms with Crippen LogP contribution in [0.3, 0.4) is 0 Å². The Morgan fingerprint density at radius 2 is 0.600 bits per heavy atom. The molecule has 0 saturated carbocycles. The molecule has 7 rings (SSSR count). The van der Waals surface area contributed by atoms with Crippen molar-refractivity contribution in [3.63, 3.8) is 0 Å². The second-order valence-corrected chi connectivity index (χ2v) is 16.6. The standard InChI is InChI=1S/C32H12BF24.C16H13NO/c34-25(35,36)13-1-14(26(37,38)39)6-21(5-13)33(22-7-15(27(40,41)42)2-16(8-22)28(43,44)45,23-9-17(29(46,47)48)3-18(10-23)30(49,50)51)24-11-19(31(52,53)54)4-20(12-24)32(55,56)57;18-16-7-6-15-12-17(9-8-14(15)10-16)11-13-4-2-1-3-5-13/h1-12H;1-10,12H,11H2/q-1;/p+1. The van der Waals surface area contributed by atoms with Crippen LogP contribution >= 0.6 is 0 Å². The molecule has 0 bridgehead atoms. The lowest BCUT2D eigenvalue weighted by Crippen LogP contribution is -2.75. The van der Waals surface area contributed by atoms with Gasteiger partial charge in [-0.05, 0) is 47.9 Å². The number of halogens is 24. The molecule has 0 amide bonds. The van der Waals surface area contributed by atoms with Gasteiger partial charge in [-0.3, -0.25) is 0 Å². The van der Waals surface area contributed by atoms with Crippen LogP contribution in [0, 0.1) is 0 Å². The second kappa shape index (κ2) is 19.6. The minimum atomic E-state index is -6.13. The van der Waals surface area contributed by atoms with Gasteiger partial charge in [0.1, 0.15) is 11.9 Å². The number of nitrogens with zero attached hydrogens (tertiary/aromatic N) is 1. The first-order valence-corrected chi connectivity index (χ1v) is 20.6. The van der Waals surface area contributed by atoms with Crippen molar-refractivity contribution in [3.05, 3.63) is 190 Å². The van der Waals surface area contributed by atoms with Crippen LogP contribution in [0.5, 0.6) is 5.75 Å². The van der Waals surface area contributed by atoms with Crippen molar-refractivity contribution < 1.29 is 115 Å². The van der Waals surface area contributed by atoms with Gasteiger partial charge >= 0.3 is 49.4 Å². The maximum absolute atomic E-state index is 14.2. The average molecular weight is 1100 g/mol. The van der Waals surface area contributed by atoms with Gasteiger partial charge in [-0.2, -0.15) is 127 Å². The zero-order valence-electron chi connectivity index (χ0n) is 36.5. The van der Waals surface area contributed by atoms with Crippen LogP contribution in [0.15, 0.2) is 140 Å². The number of aromatic hydroxyl groups is 1. The molecule has 0 spiro atoms. The Hall–Kier alpha value is -7.09. The summed E-state index contributed by atoms with van der Waals surface area (Å²) < 4.78 is 343. The van der Waals surface area contributed by atoms with Gasteiger partial charge in [0.05, 0.1) is 44.5 Å². The molecule has 0 aliphatic carbocycles. The Balaban J connectivity index is 0.000000421. The number of phenols is 1. The summed E-state index contributed by atoms with van der Waals surface area (Å²) in [5, 5.41) is 11.6. The van der Waals surface area contributed by atoms with Crippen molar-refractivity contribution in [1.82, 2.24) is 0 Å². The van der Waals surface area contributed by atoms with Gasteiger partial charge in [0.25, 0.3) is 0 Å². The van der Waals surface area contributed by atoms with Crippen molar-refractivity contribution in [3.8, 4) is 5.75 Å². The van der Waals surface area contributed by atoms with Gasteiger partial charge in [0.2, 0.25) is 0 Å². The number of alkyl halides is 24.